The second-order valence-electron chi connectivity index (χ2n) is 5.88. The molecule has 1 aromatic rings. The van der Waals surface area contributed by atoms with Gasteiger partial charge in [0.2, 0.25) is 5.91 Å². The van der Waals surface area contributed by atoms with E-state index in [1.165, 1.54) is 0 Å². The summed E-state index contributed by atoms with van der Waals surface area (Å²) in [6, 6.07) is 8.05. The third kappa shape index (κ3) is 2.90. The molecule has 0 atom stereocenters. The van der Waals surface area contributed by atoms with E-state index in [-0.39, 0.29) is 5.91 Å². The molecule has 0 spiro atoms. The minimum atomic E-state index is 0.162. The van der Waals surface area contributed by atoms with Gasteiger partial charge in [-0.1, -0.05) is 11.6 Å². The van der Waals surface area contributed by atoms with E-state index in [1.807, 2.05) is 11.0 Å². The predicted molar refractivity (Wildman–Crippen MR) is 86.0 cm³/mol. The molecular weight excluding hydrogens is 300 g/mol. The van der Waals surface area contributed by atoms with Crippen LogP contribution >= 0.6 is 11.6 Å². The number of benzene rings is 1. The second kappa shape index (κ2) is 6.15. The van der Waals surface area contributed by atoms with E-state index < -0.39 is 0 Å². The van der Waals surface area contributed by atoms with E-state index in [0.29, 0.717) is 16.6 Å². The molecule has 0 unspecified atom stereocenters. The van der Waals surface area contributed by atoms with Gasteiger partial charge < -0.3 is 9.80 Å². The third-order valence-corrected chi connectivity index (χ3v) is 4.87. The average Bonchev–Trinajstić information content (AvgIpc) is 2.47. The van der Waals surface area contributed by atoms with Crippen molar-refractivity contribution in [2.75, 3.05) is 44.2 Å². The largest absolute Gasteiger partial charge is 0.368 e. The Balaban J connectivity index is 1.59. The molecule has 1 aromatic carbocycles. The number of likely N-dealkylation sites (tertiary alicyclic amines) is 1. The molecule has 116 valence electrons. The molecule has 22 heavy (non-hydrogen) atoms. The number of nitrogens with zero attached hydrogens (tertiary/aromatic N) is 4. The molecule has 0 bridgehead atoms. The van der Waals surface area contributed by atoms with Crippen molar-refractivity contribution in [3.63, 3.8) is 0 Å². The number of anilines is 1. The molecule has 2 aliphatic heterocycles. The van der Waals surface area contributed by atoms with Gasteiger partial charge in [0.25, 0.3) is 0 Å². The highest BCUT2D eigenvalue weighted by atomic mass is 35.5. The summed E-state index contributed by atoms with van der Waals surface area (Å²) in [5.41, 5.74) is 1.58. The highest BCUT2D eigenvalue weighted by Gasteiger charge is 2.34. The molecule has 6 heteroatoms. The van der Waals surface area contributed by atoms with Crippen molar-refractivity contribution in [1.82, 2.24) is 9.80 Å². The van der Waals surface area contributed by atoms with Crippen LogP contribution in [0, 0.1) is 11.3 Å². The van der Waals surface area contributed by atoms with Gasteiger partial charge in [-0.15, -0.1) is 0 Å². The molecule has 0 N–H and O–H groups in total. The van der Waals surface area contributed by atoms with Gasteiger partial charge in [-0.05, 0) is 18.2 Å². The van der Waals surface area contributed by atoms with Crippen molar-refractivity contribution < 1.29 is 4.79 Å². The number of amides is 1. The first-order chi connectivity index (χ1) is 10.6. The lowest BCUT2D eigenvalue weighted by Gasteiger charge is -2.48. The maximum Gasteiger partial charge on any atom is 0.219 e. The van der Waals surface area contributed by atoms with Crippen LogP contribution in [0.5, 0.6) is 0 Å². The van der Waals surface area contributed by atoms with Crippen LogP contribution < -0.4 is 4.90 Å². The maximum absolute atomic E-state index is 11.2. The first-order valence-corrected chi connectivity index (χ1v) is 7.90. The fourth-order valence-corrected chi connectivity index (χ4v) is 3.33. The fourth-order valence-electron chi connectivity index (χ4n) is 3.10. The normalized spacial score (nSPS) is 19.7. The van der Waals surface area contributed by atoms with Crippen LogP contribution in [0.3, 0.4) is 0 Å². The van der Waals surface area contributed by atoms with Gasteiger partial charge in [0.15, 0.2) is 0 Å². The standard InChI is InChI=1S/C16H19ClN4O/c1-12(22)21-10-14(11-21)19-4-6-20(7-5-19)16-8-13(9-18)2-3-15(16)17/h2-3,8,14H,4-7,10-11H2,1H3. The Morgan fingerprint density at radius 1 is 1.27 bits per heavy atom. The number of nitriles is 1. The lowest BCUT2D eigenvalue weighted by atomic mass is 10.1. The second-order valence-corrected chi connectivity index (χ2v) is 6.29. The van der Waals surface area contributed by atoms with Gasteiger partial charge in [0.05, 0.1) is 22.3 Å². The van der Waals surface area contributed by atoms with Gasteiger partial charge >= 0.3 is 0 Å². The van der Waals surface area contributed by atoms with E-state index in [9.17, 15) is 4.79 Å². The quantitative estimate of drug-likeness (QED) is 0.830. The molecule has 3 rings (SSSR count). The summed E-state index contributed by atoms with van der Waals surface area (Å²) in [5, 5.41) is 9.72. The van der Waals surface area contributed by atoms with Crippen LogP contribution in [0.15, 0.2) is 18.2 Å². The Kier molecular flexibility index (Phi) is 4.23. The predicted octanol–water partition coefficient (Wildman–Crippen LogP) is 1.56. The van der Waals surface area contributed by atoms with Crippen LogP contribution in [0.4, 0.5) is 5.69 Å². The zero-order valence-electron chi connectivity index (χ0n) is 12.6. The monoisotopic (exact) mass is 318 g/mol. The molecule has 2 saturated heterocycles. The molecule has 2 aliphatic rings. The topological polar surface area (TPSA) is 50.6 Å². The summed E-state index contributed by atoms with van der Waals surface area (Å²) in [6.07, 6.45) is 0. The maximum atomic E-state index is 11.2. The molecule has 0 aromatic heterocycles. The lowest BCUT2D eigenvalue weighted by molar-refractivity contribution is -0.136. The zero-order chi connectivity index (χ0) is 15.7. The van der Waals surface area contributed by atoms with E-state index in [2.05, 4.69) is 15.9 Å². The SMILES string of the molecule is CC(=O)N1CC(N2CCN(c3cc(C#N)ccc3Cl)CC2)C1. The van der Waals surface area contributed by atoms with E-state index in [1.54, 1.807) is 19.1 Å². The highest BCUT2D eigenvalue weighted by molar-refractivity contribution is 6.33. The van der Waals surface area contributed by atoms with Gasteiger partial charge in [-0.2, -0.15) is 5.26 Å². The van der Waals surface area contributed by atoms with Gasteiger partial charge in [-0.25, -0.2) is 0 Å². The van der Waals surface area contributed by atoms with Gasteiger partial charge in [0.1, 0.15) is 0 Å². The summed E-state index contributed by atoms with van der Waals surface area (Å²) < 4.78 is 0. The minimum absolute atomic E-state index is 0.162. The summed E-state index contributed by atoms with van der Waals surface area (Å²) >= 11 is 6.27. The highest BCUT2D eigenvalue weighted by Crippen LogP contribution is 2.28. The number of rotatable bonds is 2. The number of piperazine rings is 1. The van der Waals surface area contributed by atoms with Crippen LogP contribution in [0.25, 0.3) is 0 Å². The van der Waals surface area contributed by atoms with Crippen molar-refractivity contribution in [3.8, 4) is 6.07 Å². The number of carbonyl (C=O) groups excluding carboxylic acids is 1. The zero-order valence-corrected chi connectivity index (χ0v) is 13.4. The molecule has 0 radical (unpaired) electrons. The Morgan fingerprint density at radius 3 is 2.55 bits per heavy atom. The Hall–Kier alpha value is -1.77. The summed E-state index contributed by atoms with van der Waals surface area (Å²) in [4.78, 5) is 17.8. The van der Waals surface area contributed by atoms with Gasteiger partial charge in [-0.3, -0.25) is 9.69 Å². The molecule has 0 saturated carbocycles. The van der Waals surface area contributed by atoms with Crippen LogP contribution in [-0.2, 0) is 4.79 Å². The molecular formula is C16H19ClN4O. The first-order valence-electron chi connectivity index (χ1n) is 7.52. The third-order valence-electron chi connectivity index (χ3n) is 4.55. The van der Waals surface area contributed by atoms with E-state index in [4.69, 9.17) is 16.9 Å². The molecule has 1 amide bonds. The molecule has 0 aliphatic carbocycles. The fraction of sp³-hybridized carbons (Fsp3) is 0.500. The molecule has 2 fully saturated rings. The van der Waals surface area contributed by atoms with Crippen LogP contribution in [0.2, 0.25) is 5.02 Å². The van der Waals surface area contributed by atoms with Crippen molar-refractivity contribution in [2.24, 2.45) is 0 Å². The van der Waals surface area contributed by atoms with Crippen molar-refractivity contribution in [3.05, 3.63) is 28.8 Å². The van der Waals surface area contributed by atoms with Crippen molar-refractivity contribution in [1.29, 1.82) is 5.26 Å². The van der Waals surface area contributed by atoms with E-state index >= 15 is 0 Å². The minimum Gasteiger partial charge on any atom is -0.368 e. The molecule has 5 nitrogen and oxygen atoms in total. The Labute approximate surface area is 135 Å². The average molecular weight is 319 g/mol. The van der Waals surface area contributed by atoms with Gasteiger partial charge in [0, 0.05) is 52.2 Å². The van der Waals surface area contributed by atoms with Crippen LogP contribution in [-0.4, -0.2) is 61.0 Å². The summed E-state index contributed by atoms with van der Waals surface area (Å²) in [6.45, 7) is 7.03. The smallest absolute Gasteiger partial charge is 0.219 e. The molecule has 2 heterocycles. The van der Waals surface area contributed by atoms with Crippen LogP contribution in [0.1, 0.15) is 12.5 Å². The Bertz CT molecular complexity index is 613. The summed E-state index contributed by atoms with van der Waals surface area (Å²) in [5.74, 6) is 0.162. The summed E-state index contributed by atoms with van der Waals surface area (Å²) in [7, 11) is 0. The number of hydrogen-bond acceptors (Lipinski definition) is 4. The Morgan fingerprint density at radius 2 is 1.95 bits per heavy atom. The van der Waals surface area contributed by atoms with E-state index in [0.717, 1.165) is 45.0 Å². The lowest BCUT2D eigenvalue weighted by Crippen LogP contribution is -2.64. The van der Waals surface area contributed by atoms with Crippen molar-refractivity contribution in [2.45, 2.75) is 13.0 Å². The number of carbonyl (C=O) groups is 1. The number of hydrogen-bond donors (Lipinski definition) is 0. The van der Waals surface area contributed by atoms with Crippen molar-refractivity contribution >= 4 is 23.2 Å². The first kappa shape index (κ1) is 15.1. The number of halogens is 1.